The number of nitrogens with zero attached hydrogens (tertiary/aromatic N) is 2. The van der Waals surface area contributed by atoms with Gasteiger partial charge in [0.1, 0.15) is 0 Å². The molecule has 4 nitrogen and oxygen atoms in total. The maximum absolute atomic E-state index is 11.8. The lowest BCUT2D eigenvalue weighted by Crippen LogP contribution is -2.18. The Bertz CT molecular complexity index is 938. The standard InChI is InChI=1S/C20H20N2O2S/c1-14-19(15(2)24)25-20(22(14)12-13-23)21-18-10-8-17(9-11-18)16-6-4-3-5-7-16/h3-11,23H,12-13H2,1-2H3/b21-20+. The zero-order valence-electron chi connectivity index (χ0n) is 14.3. The van der Waals surface area contributed by atoms with Crippen LogP contribution in [0.15, 0.2) is 59.6 Å². The number of aliphatic hydroxyl groups is 1. The van der Waals surface area contributed by atoms with Crippen LogP contribution in [0.5, 0.6) is 0 Å². The quantitative estimate of drug-likeness (QED) is 0.707. The van der Waals surface area contributed by atoms with Crippen LogP contribution >= 0.6 is 11.3 Å². The average molecular weight is 352 g/mol. The summed E-state index contributed by atoms with van der Waals surface area (Å²) in [5, 5.41) is 9.30. The van der Waals surface area contributed by atoms with Crippen molar-refractivity contribution in [2.75, 3.05) is 6.61 Å². The predicted molar refractivity (Wildman–Crippen MR) is 101 cm³/mol. The van der Waals surface area contributed by atoms with E-state index in [2.05, 4.69) is 17.1 Å². The first-order chi connectivity index (χ1) is 12.1. The normalized spacial score (nSPS) is 11.7. The van der Waals surface area contributed by atoms with E-state index in [1.807, 2.05) is 54.0 Å². The first-order valence-electron chi connectivity index (χ1n) is 8.12. The van der Waals surface area contributed by atoms with E-state index in [-0.39, 0.29) is 12.4 Å². The molecule has 0 saturated carbocycles. The zero-order chi connectivity index (χ0) is 17.8. The molecule has 0 aliphatic rings. The van der Waals surface area contributed by atoms with Crippen LogP contribution in [0, 0.1) is 6.92 Å². The van der Waals surface area contributed by atoms with Crippen LogP contribution in [0.3, 0.4) is 0 Å². The molecule has 5 heteroatoms. The van der Waals surface area contributed by atoms with Gasteiger partial charge < -0.3 is 9.67 Å². The van der Waals surface area contributed by atoms with Crippen LogP contribution in [0.25, 0.3) is 11.1 Å². The Kier molecular flexibility index (Phi) is 5.26. The number of carbonyl (C=O) groups excluding carboxylic acids is 1. The number of aliphatic hydroxyl groups excluding tert-OH is 1. The molecule has 0 spiro atoms. The Hall–Kier alpha value is -2.50. The Morgan fingerprint density at radius 2 is 1.72 bits per heavy atom. The van der Waals surface area contributed by atoms with Gasteiger partial charge in [-0.3, -0.25) is 4.79 Å². The first-order valence-corrected chi connectivity index (χ1v) is 8.94. The highest BCUT2D eigenvalue weighted by atomic mass is 32.1. The molecule has 128 valence electrons. The highest BCUT2D eigenvalue weighted by Gasteiger charge is 2.13. The van der Waals surface area contributed by atoms with E-state index in [9.17, 15) is 9.90 Å². The Morgan fingerprint density at radius 3 is 2.32 bits per heavy atom. The summed E-state index contributed by atoms with van der Waals surface area (Å²) >= 11 is 1.37. The third kappa shape index (κ3) is 3.78. The molecule has 0 bridgehead atoms. The fraction of sp³-hybridized carbons (Fsp3) is 0.200. The van der Waals surface area contributed by atoms with Crippen molar-refractivity contribution in [3.63, 3.8) is 0 Å². The lowest BCUT2D eigenvalue weighted by molar-refractivity contribution is 0.102. The number of hydrogen-bond acceptors (Lipinski definition) is 4. The molecule has 0 radical (unpaired) electrons. The van der Waals surface area contributed by atoms with Crippen LogP contribution in [0.2, 0.25) is 0 Å². The van der Waals surface area contributed by atoms with Crippen molar-refractivity contribution in [2.45, 2.75) is 20.4 Å². The number of hydrogen-bond donors (Lipinski definition) is 1. The minimum atomic E-state index is 0.00898. The second kappa shape index (κ2) is 7.59. The van der Waals surface area contributed by atoms with Crippen LogP contribution in [-0.2, 0) is 6.54 Å². The summed E-state index contributed by atoms with van der Waals surface area (Å²) in [6.07, 6.45) is 0. The number of thiazole rings is 1. The molecule has 0 atom stereocenters. The van der Waals surface area contributed by atoms with Crippen LogP contribution in [0.4, 0.5) is 5.69 Å². The minimum absolute atomic E-state index is 0.00898. The Labute approximate surface area is 150 Å². The second-order valence-electron chi connectivity index (χ2n) is 5.76. The summed E-state index contributed by atoms with van der Waals surface area (Å²) in [4.78, 5) is 17.9. The van der Waals surface area contributed by atoms with E-state index in [0.29, 0.717) is 11.4 Å². The number of carbonyl (C=O) groups is 1. The van der Waals surface area contributed by atoms with E-state index in [0.717, 1.165) is 27.3 Å². The van der Waals surface area contributed by atoms with Gasteiger partial charge in [-0.05, 0) is 30.2 Å². The van der Waals surface area contributed by atoms with Gasteiger partial charge in [-0.25, -0.2) is 4.99 Å². The maximum atomic E-state index is 11.8. The Balaban J connectivity index is 2.00. The summed E-state index contributed by atoms with van der Waals surface area (Å²) in [6.45, 7) is 3.88. The van der Waals surface area contributed by atoms with Gasteiger partial charge >= 0.3 is 0 Å². The minimum Gasteiger partial charge on any atom is -0.395 e. The fourth-order valence-electron chi connectivity index (χ4n) is 2.73. The largest absolute Gasteiger partial charge is 0.395 e. The molecular weight excluding hydrogens is 332 g/mol. The predicted octanol–water partition coefficient (Wildman–Crippen LogP) is 3.95. The van der Waals surface area contributed by atoms with E-state index in [1.165, 1.54) is 11.3 Å². The van der Waals surface area contributed by atoms with Crippen LogP contribution in [0.1, 0.15) is 22.3 Å². The monoisotopic (exact) mass is 352 g/mol. The molecule has 25 heavy (non-hydrogen) atoms. The molecule has 2 aromatic carbocycles. The van der Waals surface area contributed by atoms with Crippen molar-refractivity contribution in [3.05, 3.63) is 70.0 Å². The molecule has 0 aliphatic heterocycles. The molecule has 3 rings (SSSR count). The highest BCUT2D eigenvalue weighted by molar-refractivity contribution is 7.11. The molecular formula is C20H20N2O2S. The van der Waals surface area contributed by atoms with Gasteiger partial charge in [-0.15, -0.1) is 0 Å². The van der Waals surface area contributed by atoms with Crippen molar-refractivity contribution >= 4 is 22.8 Å². The Morgan fingerprint density at radius 1 is 1.08 bits per heavy atom. The van der Waals surface area contributed by atoms with Crippen molar-refractivity contribution in [2.24, 2.45) is 4.99 Å². The number of aromatic nitrogens is 1. The van der Waals surface area contributed by atoms with Gasteiger partial charge in [0.15, 0.2) is 10.6 Å². The van der Waals surface area contributed by atoms with Crippen molar-refractivity contribution in [1.29, 1.82) is 0 Å². The second-order valence-corrected chi connectivity index (χ2v) is 6.73. The molecule has 0 aliphatic carbocycles. The molecule has 0 unspecified atom stereocenters. The van der Waals surface area contributed by atoms with E-state index >= 15 is 0 Å². The SMILES string of the molecule is CC(=O)c1s/c(=N/c2ccc(-c3ccccc3)cc2)n(CCO)c1C. The summed E-state index contributed by atoms with van der Waals surface area (Å²) < 4.78 is 1.90. The number of ketones is 1. The number of Topliss-reactive ketones (excluding diaryl/α,β-unsaturated/α-hetero) is 1. The van der Waals surface area contributed by atoms with Gasteiger partial charge in [0.2, 0.25) is 0 Å². The van der Waals surface area contributed by atoms with Crippen molar-refractivity contribution in [1.82, 2.24) is 4.57 Å². The maximum Gasteiger partial charge on any atom is 0.190 e. The van der Waals surface area contributed by atoms with E-state index in [1.54, 1.807) is 6.92 Å². The van der Waals surface area contributed by atoms with Crippen LogP contribution < -0.4 is 4.80 Å². The summed E-state index contributed by atoms with van der Waals surface area (Å²) in [5.74, 6) is 0.0232. The first kappa shape index (κ1) is 17.3. The van der Waals surface area contributed by atoms with Gasteiger partial charge in [0.05, 0.1) is 17.2 Å². The lowest BCUT2D eigenvalue weighted by Gasteiger charge is -2.04. The molecule has 0 saturated heterocycles. The van der Waals surface area contributed by atoms with Gasteiger partial charge in [0.25, 0.3) is 0 Å². The van der Waals surface area contributed by atoms with Gasteiger partial charge in [-0.1, -0.05) is 53.8 Å². The highest BCUT2D eigenvalue weighted by Crippen LogP contribution is 2.22. The molecule has 1 N–H and O–H groups in total. The van der Waals surface area contributed by atoms with Crippen molar-refractivity contribution < 1.29 is 9.90 Å². The molecule has 1 aromatic heterocycles. The average Bonchev–Trinajstić information content (AvgIpc) is 2.93. The van der Waals surface area contributed by atoms with E-state index < -0.39 is 0 Å². The third-order valence-corrected chi connectivity index (χ3v) is 5.28. The summed E-state index contributed by atoms with van der Waals surface area (Å²) in [5.41, 5.74) is 3.97. The lowest BCUT2D eigenvalue weighted by atomic mass is 10.1. The fourth-order valence-corrected chi connectivity index (χ4v) is 3.80. The number of rotatable bonds is 5. The topological polar surface area (TPSA) is 54.6 Å². The third-order valence-electron chi connectivity index (χ3n) is 4.00. The number of benzene rings is 2. The van der Waals surface area contributed by atoms with Gasteiger partial charge in [0, 0.05) is 19.2 Å². The molecule has 0 fully saturated rings. The smallest absolute Gasteiger partial charge is 0.190 e. The van der Waals surface area contributed by atoms with E-state index in [4.69, 9.17) is 0 Å². The molecule has 3 aromatic rings. The van der Waals surface area contributed by atoms with Gasteiger partial charge in [-0.2, -0.15) is 0 Å². The molecule has 1 heterocycles. The van der Waals surface area contributed by atoms with Crippen molar-refractivity contribution in [3.8, 4) is 11.1 Å². The molecule has 0 amide bonds. The summed E-state index contributed by atoms with van der Waals surface area (Å²) in [7, 11) is 0. The summed E-state index contributed by atoms with van der Waals surface area (Å²) in [6, 6.07) is 18.2. The zero-order valence-corrected chi connectivity index (χ0v) is 15.1. The van der Waals surface area contributed by atoms with Crippen LogP contribution in [-0.4, -0.2) is 22.1 Å².